The molecule has 37 heavy (non-hydrogen) atoms. The first-order valence-electron chi connectivity index (χ1n) is 12.9. The third-order valence-corrected chi connectivity index (χ3v) is 8.39. The van der Waals surface area contributed by atoms with E-state index in [-0.39, 0.29) is 23.9 Å². The van der Waals surface area contributed by atoms with Gasteiger partial charge in [-0.25, -0.2) is 9.97 Å². The summed E-state index contributed by atoms with van der Waals surface area (Å²) in [6.07, 6.45) is 3.53. The van der Waals surface area contributed by atoms with Gasteiger partial charge in [0, 0.05) is 41.4 Å². The first-order chi connectivity index (χ1) is 18.0. The van der Waals surface area contributed by atoms with E-state index < -0.39 is 0 Å². The highest BCUT2D eigenvalue weighted by atomic mass is 32.1. The number of nitrogens with zero attached hydrogens (tertiary/aromatic N) is 5. The number of morpholine rings is 1. The fourth-order valence-corrected chi connectivity index (χ4v) is 6.49. The number of rotatable bonds is 7. The SMILES string of the molecule is CC(=O)CC(=O)C1CCN(Cc2cc3nc(-c4cccc5[nH]ncc45)nc(N4CCOCC4)c3s2)CC1. The highest BCUT2D eigenvalue weighted by Gasteiger charge is 2.26. The van der Waals surface area contributed by atoms with Crippen LogP contribution in [0.15, 0.2) is 30.5 Å². The maximum absolute atomic E-state index is 12.3. The second-order valence-corrected chi connectivity index (χ2v) is 11.1. The van der Waals surface area contributed by atoms with Crippen molar-refractivity contribution in [3.05, 3.63) is 35.3 Å². The van der Waals surface area contributed by atoms with Crippen LogP contribution in [0.25, 0.3) is 32.5 Å². The second-order valence-electron chi connectivity index (χ2n) is 9.93. The Morgan fingerprint density at radius 2 is 1.95 bits per heavy atom. The lowest BCUT2D eigenvalue weighted by molar-refractivity contribution is -0.129. The Labute approximate surface area is 218 Å². The summed E-state index contributed by atoms with van der Waals surface area (Å²) in [5, 5.41) is 8.26. The van der Waals surface area contributed by atoms with Gasteiger partial charge in [0.2, 0.25) is 0 Å². The lowest BCUT2D eigenvalue weighted by Gasteiger charge is -2.30. The van der Waals surface area contributed by atoms with Gasteiger partial charge in [-0.15, -0.1) is 11.3 Å². The molecule has 0 bridgehead atoms. The van der Waals surface area contributed by atoms with E-state index in [0.717, 1.165) is 78.1 Å². The number of piperidine rings is 1. The molecule has 1 N–H and O–H groups in total. The normalized spacial score (nSPS) is 17.6. The highest BCUT2D eigenvalue weighted by Crippen LogP contribution is 2.36. The first-order valence-corrected chi connectivity index (χ1v) is 13.7. The Morgan fingerprint density at radius 3 is 2.73 bits per heavy atom. The van der Waals surface area contributed by atoms with Crippen molar-refractivity contribution in [1.82, 2.24) is 25.1 Å². The van der Waals surface area contributed by atoms with Crippen molar-refractivity contribution in [3.8, 4) is 11.4 Å². The molecule has 0 aliphatic carbocycles. The largest absolute Gasteiger partial charge is 0.378 e. The Balaban J connectivity index is 1.29. The highest BCUT2D eigenvalue weighted by molar-refractivity contribution is 7.19. The summed E-state index contributed by atoms with van der Waals surface area (Å²) in [6.45, 7) is 7.01. The molecule has 2 aliphatic rings. The lowest BCUT2D eigenvalue weighted by atomic mass is 9.90. The maximum atomic E-state index is 12.3. The fraction of sp³-hybridized carbons (Fsp3) is 0.444. The summed E-state index contributed by atoms with van der Waals surface area (Å²) < 4.78 is 6.71. The number of nitrogens with one attached hydrogen (secondary N) is 1. The zero-order chi connectivity index (χ0) is 25.4. The molecule has 6 rings (SSSR count). The average molecular weight is 519 g/mol. The van der Waals surface area contributed by atoms with Crippen molar-refractivity contribution in [2.75, 3.05) is 44.3 Å². The molecule has 1 aromatic carbocycles. The summed E-state index contributed by atoms with van der Waals surface area (Å²) in [5.74, 6) is 1.73. The van der Waals surface area contributed by atoms with E-state index in [1.807, 2.05) is 24.4 Å². The van der Waals surface area contributed by atoms with E-state index in [9.17, 15) is 9.59 Å². The Bertz CT molecular complexity index is 1450. The molecule has 2 aliphatic heterocycles. The number of benzene rings is 1. The molecule has 10 heteroatoms. The smallest absolute Gasteiger partial charge is 0.162 e. The molecule has 5 heterocycles. The Morgan fingerprint density at radius 1 is 1.14 bits per heavy atom. The fourth-order valence-electron chi connectivity index (χ4n) is 5.34. The van der Waals surface area contributed by atoms with Crippen LogP contribution in [0.5, 0.6) is 0 Å². The molecular weight excluding hydrogens is 488 g/mol. The quantitative estimate of drug-likeness (QED) is 0.368. The van der Waals surface area contributed by atoms with E-state index in [1.165, 1.54) is 11.8 Å². The molecule has 0 unspecified atom stereocenters. The van der Waals surface area contributed by atoms with Gasteiger partial charge in [0.1, 0.15) is 11.6 Å². The number of fused-ring (bicyclic) bond motifs is 2. The number of carbonyl (C=O) groups excluding carboxylic acids is 2. The van der Waals surface area contributed by atoms with Crippen molar-refractivity contribution in [1.29, 1.82) is 0 Å². The predicted octanol–water partition coefficient (Wildman–Crippen LogP) is 3.83. The van der Waals surface area contributed by atoms with Crippen molar-refractivity contribution in [2.24, 2.45) is 5.92 Å². The maximum Gasteiger partial charge on any atom is 0.162 e. The standard InChI is InChI=1S/C27H30N6O3S/c1-17(34)13-24(35)18-5-7-32(8-6-18)16-19-14-23-25(37-19)27(33-9-11-36-12-10-33)30-26(29-23)20-3-2-4-22-21(20)15-28-31-22/h2-4,14-15,18H,5-13,16H2,1H3,(H,28,31). The summed E-state index contributed by atoms with van der Waals surface area (Å²) in [4.78, 5) is 39.7. The number of hydrogen-bond acceptors (Lipinski definition) is 9. The third kappa shape index (κ3) is 5.01. The van der Waals surface area contributed by atoms with Crippen LogP contribution in [0, 0.1) is 5.92 Å². The van der Waals surface area contributed by atoms with E-state index in [0.29, 0.717) is 19.0 Å². The molecule has 3 aromatic heterocycles. The minimum atomic E-state index is -0.0433. The predicted molar refractivity (Wildman–Crippen MR) is 144 cm³/mol. The van der Waals surface area contributed by atoms with E-state index in [4.69, 9.17) is 14.7 Å². The lowest BCUT2D eigenvalue weighted by Crippen LogP contribution is -2.36. The zero-order valence-electron chi connectivity index (χ0n) is 20.9. The average Bonchev–Trinajstić information content (AvgIpc) is 3.55. The van der Waals surface area contributed by atoms with Crippen molar-refractivity contribution >= 4 is 49.8 Å². The Kier molecular flexibility index (Phi) is 6.71. The summed E-state index contributed by atoms with van der Waals surface area (Å²) in [7, 11) is 0. The number of Topliss-reactive ketones (excluding diaryl/α,β-unsaturated/α-hetero) is 2. The molecule has 2 fully saturated rings. The molecule has 2 saturated heterocycles. The minimum Gasteiger partial charge on any atom is -0.378 e. The first kappa shape index (κ1) is 24.1. The van der Waals surface area contributed by atoms with Gasteiger partial charge in [-0.05, 0) is 45.0 Å². The van der Waals surface area contributed by atoms with Crippen LogP contribution >= 0.6 is 11.3 Å². The van der Waals surface area contributed by atoms with Crippen molar-refractivity contribution < 1.29 is 14.3 Å². The van der Waals surface area contributed by atoms with Crippen LogP contribution in [-0.4, -0.2) is 76.0 Å². The number of ketones is 2. The van der Waals surface area contributed by atoms with Gasteiger partial charge in [-0.1, -0.05) is 12.1 Å². The molecule has 9 nitrogen and oxygen atoms in total. The van der Waals surface area contributed by atoms with Crippen molar-refractivity contribution in [2.45, 2.75) is 32.7 Å². The van der Waals surface area contributed by atoms with Gasteiger partial charge in [0.25, 0.3) is 0 Å². The summed E-state index contributed by atoms with van der Waals surface area (Å²) in [5.41, 5.74) is 2.89. The molecule has 0 spiro atoms. The summed E-state index contributed by atoms with van der Waals surface area (Å²) >= 11 is 1.76. The molecule has 0 saturated carbocycles. The van der Waals surface area contributed by atoms with Gasteiger partial charge in [0.05, 0.1) is 41.6 Å². The number of carbonyl (C=O) groups is 2. The third-order valence-electron chi connectivity index (χ3n) is 7.29. The minimum absolute atomic E-state index is 0.00883. The second kappa shape index (κ2) is 10.3. The number of ether oxygens (including phenoxy) is 1. The molecule has 4 aromatic rings. The monoisotopic (exact) mass is 518 g/mol. The van der Waals surface area contributed by atoms with E-state index >= 15 is 0 Å². The number of aromatic amines is 1. The van der Waals surface area contributed by atoms with Gasteiger partial charge in [0.15, 0.2) is 11.6 Å². The molecule has 0 amide bonds. The number of anilines is 1. The summed E-state index contributed by atoms with van der Waals surface area (Å²) in [6, 6.07) is 8.25. The Hall–Kier alpha value is -3.21. The van der Waals surface area contributed by atoms with Crippen LogP contribution in [0.4, 0.5) is 5.82 Å². The number of likely N-dealkylation sites (tertiary alicyclic amines) is 1. The molecule has 0 radical (unpaired) electrons. The van der Waals surface area contributed by atoms with E-state index in [2.05, 4.69) is 26.1 Å². The molecular formula is C27H30N6O3S. The van der Waals surface area contributed by atoms with Gasteiger partial charge < -0.3 is 9.64 Å². The number of hydrogen-bond donors (Lipinski definition) is 1. The number of thiophene rings is 1. The van der Waals surface area contributed by atoms with Crippen LogP contribution < -0.4 is 4.90 Å². The van der Waals surface area contributed by atoms with Gasteiger partial charge in [-0.2, -0.15) is 5.10 Å². The van der Waals surface area contributed by atoms with Gasteiger partial charge >= 0.3 is 0 Å². The number of aromatic nitrogens is 4. The van der Waals surface area contributed by atoms with E-state index in [1.54, 1.807) is 11.3 Å². The van der Waals surface area contributed by atoms with Crippen LogP contribution in [0.3, 0.4) is 0 Å². The number of H-pyrrole nitrogens is 1. The van der Waals surface area contributed by atoms with Gasteiger partial charge in [-0.3, -0.25) is 19.6 Å². The topological polar surface area (TPSA) is 104 Å². The van der Waals surface area contributed by atoms with Crippen molar-refractivity contribution in [3.63, 3.8) is 0 Å². The van der Waals surface area contributed by atoms with Crippen LogP contribution in [0.2, 0.25) is 0 Å². The molecule has 0 atom stereocenters. The zero-order valence-corrected chi connectivity index (χ0v) is 21.7. The van der Waals surface area contributed by atoms with Crippen LogP contribution in [-0.2, 0) is 20.9 Å². The molecule has 192 valence electrons. The van der Waals surface area contributed by atoms with Crippen LogP contribution in [0.1, 0.15) is 31.1 Å².